The third-order valence-corrected chi connectivity index (χ3v) is 2.28. The zero-order chi connectivity index (χ0) is 10.9. The molecule has 0 saturated heterocycles. The fourth-order valence-electron chi connectivity index (χ4n) is 1.32. The van der Waals surface area contributed by atoms with Gasteiger partial charge in [0.1, 0.15) is 5.75 Å². The van der Waals surface area contributed by atoms with Crippen LogP contribution in [-0.4, -0.2) is 6.61 Å². The van der Waals surface area contributed by atoms with Crippen molar-refractivity contribution in [2.75, 3.05) is 6.61 Å². The maximum Gasteiger partial charge on any atom is 0.119 e. The lowest BCUT2D eigenvalue weighted by Gasteiger charge is -2.05. The van der Waals surface area contributed by atoms with Crippen molar-refractivity contribution in [1.82, 2.24) is 0 Å². The van der Waals surface area contributed by atoms with Crippen LogP contribution in [-0.2, 0) is 6.42 Å². The van der Waals surface area contributed by atoms with Crippen molar-refractivity contribution in [2.24, 2.45) is 0 Å². The van der Waals surface area contributed by atoms with Gasteiger partial charge in [-0.05, 0) is 37.0 Å². The fourth-order valence-corrected chi connectivity index (χ4v) is 1.32. The van der Waals surface area contributed by atoms with Crippen LogP contribution in [0, 0.1) is 11.3 Å². The van der Waals surface area contributed by atoms with Gasteiger partial charge < -0.3 is 4.74 Å². The average molecular weight is 203 g/mol. The average Bonchev–Trinajstić information content (AvgIpc) is 2.30. The summed E-state index contributed by atoms with van der Waals surface area (Å²) < 4.78 is 5.54. The zero-order valence-electron chi connectivity index (χ0n) is 9.20. The smallest absolute Gasteiger partial charge is 0.119 e. The number of hydrogen-bond donors (Lipinski definition) is 0. The van der Waals surface area contributed by atoms with Gasteiger partial charge in [0, 0.05) is 6.42 Å². The lowest BCUT2D eigenvalue weighted by molar-refractivity contribution is 0.307. The van der Waals surface area contributed by atoms with E-state index in [1.165, 1.54) is 5.56 Å². The lowest BCUT2D eigenvalue weighted by atomic mass is 10.2. The van der Waals surface area contributed by atoms with Crippen LogP contribution in [0.4, 0.5) is 0 Å². The molecule has 1 rings (SSSR count). The first-order valence-corrected chi connectivity index (χ1v) is 5.45. The Hall–Kier alpha value is -1.49. The molecule has 0 unspecified atom stereocenters. The predicted octanol–water partition coefficient (Wildman–Crippen LogP) is 3.32. The van der Waals surface area contributed by atoms with Crippen LogP contribution >= 0.6 is 0 Å². The molecule has 1 aromatic rings. The van der Waals surface area contributed by atoms with Crippen molar-refractivity contribution in [1.29, 1.82) is 5.26 Å². The summed E-state index contributed by atoms with van der Waals surface area (Å²) in [4.78, 5) is 0. The van der Waals surface area contributed by atoms with Gasteiger partial charge in [-0.2, -0.15) is 5.26 Å². The minimum absolute atomic E-state index is 0.623. The number of benzene rings is 1. The molecule has 0 bridgehead atoms. The van der Waals surface area contributed by atoms with Crippen molar-refractivity contribution >= 4 is 0 Å². The molecular formula is C13H17NO. The topological polar surface area (TPSA) is 33.0 Å². The summed E-state index contributed by atoms with van der Waals surface area (Å²) in [7, 11) is 0. The molecule has 2 nitrogen and oxygen atoms in total. The Labute approximate surface area is 91.5 Å². The maximum atomic E-state index is 8.35. The molecule has 0 heterocycles. The molecule has 0 aliphatic rings. The van der Waals surface area contributed by atoms with Crippen LogP contribution in [0.2, 0.25) is 0 Å². The first-order chi connectivity index (χ1) is 7.36. The standard InChI is InChI=1S/C13H17NO/c1-2-12-6-8-13(9-7-12)15-11-5-3-4-10-14/h6-9H,2-5,11H2,1H3. The summed E-state index contributed by atoms with van der Waals surface area (Å²) in [6.45, 7) is 2.84. The highest BCUT2D eigenvalue weighted by Crippen LogP contribution is 2.12. The fraction of sp³-hybridized carbons (Fsp3) is 0.462. The van der Waals surface area contributed by atoms with Gasteiger partial charge in [-0.15, -0.1) is 0 Å². The molecule has 0 radical (unpaired) electrons. The molecule has 0 spiro atoms. The van der Waals surface area contributed by atoms with E-state index >= 15 is 0 Å². The van der Waals surface area contributed by atoms with Crippen LogP contribution in [0.15, 0.2) is 24.3 Å². The van der Waals surface area contributed by atoms with Crippen molar-refractivity contribution in [3.63, 3.8) is 0 Å². The van der Waals surface area contributed by atoms with Gasteiger partial charge in [0.05, 0.1) is 12.7 Å². The third-order valence-electron chi connectivity index (χ3n) is 2.28. The first kappa shape index (κ1) is 11.6. The van der Waals surface area contributed by atoms with Gasteiger partial charge in [-0.3, -0.25) is 0 Å². The quantitative estimate of drug-likeness (QED) is 0.664. The Bertz CT molecular complexity index is 310. The Morgan fingerprint density at radius 2 is 1.93 bits per heavy atom. The summed E-state index contributed by atoms with van der Waals surface area (Å²) in [5.41, 5.74) is 1.33. The molecule has 0 aliphatic carbocycles. The van der Waals surface area contributed by atoms with Crippen LogP contribution in [0.25, 0.3) is 0 Å². The maximum absolute atomic E-state index is 8.35. The van der Waals surface area contributed by atoms with E-state index in [9.17, 15) is 0 Å². The monoisotopic (exact) mass is 203 g/mol. The lowest BCUT2D eigenvalue weighted by Crippen LogP contribution is -1.96. The molecule has 2 heteroatoms. The SMILES string of the molecule is CCc1ccc(OCCCCC#N)cc1. The number of nitriles is 1. The Kier molecular flexibility index (Phi) is 5.32. The normalized spacial score (nSPS) is 9.60. The van der Waals surface area contributed by atoms with E-state index < -0.39 is 0 Å². The summed E-state index contributed by atoms with van der Waals surface area (Å²) in [5.74, 6) is 0.921. The summed E-state index contributed by atoms with van der Waals surface area (Å²) in [6, 6.07) is 10.3. The minimum Gasteiger partial charge on any atom is -0.494 e. The number of hydrogen-bond acceptors (Lipinski definition) is 2. The third kappa shape index (κ3) is 4.51. The highest BCUT2D eigenvalue weighted by Gasteiger charge is 1.94. The highest BCUT2D eigenvalue weighted by atomic mass is 16.5. The molecule has 0 amide bonds. The van der Waals surface area contributed by atoms with E-state index in [0.29, 0.717) is 13.0 Å². The second-order valence-corrected chi connectivity index (χ2v) is 3.46. The molecule has 0 aromatic heterocycles. The largest absolute Gasteiger partial charge is 0.494 e. The second-order valence-electron chi connectivity index (χ2n) is 3.46. The number of rotatable bonds is 6. The highest BCUT2D eigenvalue weighted by molar-refractivity contribution is 5.27. The Morgan fingerprint density at radius 3 is 2.53 bits per heavy atom. The van der Waals surface area contributed by atoms with E-state index in [2.05, 4.69) is 25.1 Å². The van der Waals surface area contributed by atoms with Gasteiger partial charge >= 0.3 is 0 Å². The van der Waals surface area contributed by atoms with Gasteiger partial charge in [0.2, 0.25) is 0 Å². The molecule has 0 N–H and O–H groups in total. The van der Waals surface area contributed by atoms with Crippen molar-refractivity contribution < 1.29 is 4.74 Å². The number of unbranched alkanes of at least 4 members (excludes halogenated alkanes) is 2. The number of nitrogens with zero attached hydrogens (tertiary/aromatic N) is 1. The molecule has 0 aliphatic heterocycles. The van der Waals surface area contributed by atoms with Crippen LogP contribution in [0.5, 0.6) is 5.75 Å². The number of aryl methyl sites for hydroxylation is 1. The van der Waals surface area contributed by atoms with Gasteiger partial charge in [-0.1, -0.05) is 19.1 Å². The molecule has 80 valence electrons. The van der Waals surface area contributed by atoms with E-state index in [1.54, 1.807) is 0 Å². The minimum atomic E-state index is 0.623. The van der Waals surface area contributed by atoms with Gasteiger partial charge in [0.25, 0.3) is 0 Å². The Balaban J connectivity index is 2.23. The molecular weight excluding hydrogens is 186 g/mol. The Morgan fingerprint density at radius 1 is 1.20 bits per heavy atom. The van der Waals surface area contributed by atoms with Crippen molar-refractivity contribution in [3.8, 4) is 11.8 Å². The van der Waals surface area contributed by atoms with Gasteiger partial charge in [0.15, 0.2) is 0 Å². The van der Waals surface area contributed by atoms with Crippen LogP contribution in [0.1, 0.15) is 31.7 Å². The number of ether oxygens (including phenoxy) is 1. The molecule has 1 aromatic carbocycles. The van der Waals surface area contributed by atoms with Gasteiger partial charge in [-0.25, -0.2) is 0 Å². The zero-order valence-corrected chi connectivity index (χ0v) is 9.20. The van der Waals surface area contributed by atoms with Crippen LogP contribution < -0.4 is 4.74 Å². The van der Waals surface area contributed by atoms with Crippen molar-refractivity contribution in [3.05, 3.63) is 29.8 Å². The summed E-state index contributed by atoms with van der Waals surface area (Å²) in [6.07, 6.45) is 3.55. The molecule has 0 fully saturated rings. The summed E-state index contributed by atoms with van der Waals surface area (Å²) >= 11 is 0. The van der Waals surface area contributed by atoms with E-state index in [-0.39, 0.29) is 0 Å². The van der Waals surface area contributed by atoms with E-state index in [4.69, 9.17) is 10.00 Å². The first-order valence-electron chi connectivity index (χ1n) is 5.45. The molecule has 0 atom stereocenters. The predicted molar refractivity (Wildman–Crippen MR) is 60.8 cm³/mol. The van der Waals surface area contributed by atoms with E-state index in [0.717, 1.165) is 25.0 Å². The summed E-state index contributed by atoms with van der Waals surface area (Å²) in [5, 5.41) is 8.35. The van der Waals surface area contributed by atoms with Crippen molar-refractivity contribution in [2.45, 2.75) is 32.6 Å². The molecule has 15 heavy (non-hydrogen) atoms. The second kappa shape index (κ2) is 6.89. The van der Waals surface area contributed by atoms with E-state index in [1.807, 2.05) is 12.1 Å². The van der Waals surface area contributed by atoms with Crippen LogP contribution in [0.3, 0.4) is 0 Å². The molecule has 0 saturated carbocycles.